The zero-order chi connectivity index (χ0) is 17.4. The van der Waals surface area contributed by atoms with Crippen molar-refractivity contribution in [1.29, 1.82) is 0 Å². The highest BCUT2D eigenvalue weighted by atomic mass is 35.5. The van der Waals surface area contributed by atoms with Crippen LogP contribution >= 0.6 is 11.6 Å². The van der Waals surface area contributed by atoms with Gasteiger partial charge in [-0.2, -0.15) is 0 Å². The van der Waals surface area contributed by atoms with Gasteiger partial charge in [-0.3, -0.25) is 0 Å². The lowest BCUT2D eigenvalue weighted by atomic mass is 9.81. The number of halogens is 1. The molecule has 0 aromatic carbocycles. The Morgan fingerprint density at radius 1 is 1.24 bits per heavy atom. The molecule has 0 N–H and O–H groups in total. The minimum Gasteiger partial charge on any atom is -0.378 e. The van der Waals surface area contributed by atoms with E-state index in [1.165, 1.54) is 6.33 Å². The van der Waals surface area contributed by atoms with Gasteiger partial charge in [0, 0.05) is 11.6 Å². The van der Waals surface area contributed by atoms with Gasteiger partial charge in [-0.1, -0.05) is 11.6 Å². The lowest BCUT2D eigenvalue weighted by Gasteiger charge is -2.30. The second kappa shape index (κ2) is 5.16. The molecule has 0 amide bonds. The van der Waals surface area contributed by atoms with Gasteiger partial charge in [-0.15, -0.1) is 0 Å². The summed E-state index contributed by atoms with van der Waals surface area (Å²) in [6, 6.07) is 2.12. The molecule has 134 valence electrons. The maximum absolute atomic E-state index is 6.35. The number of fused-ring (bicyclic) bond motifs is 3. The number of ether oxygens (including phenoxy) is 3. The summed E-state index contributed by atoms with van der Waals surface area (Å²) in [7, 11) is 0. The topological polar surface area (TPSA) is 58.4 Å². The molecule has 1 unspecified atom stereocenters. The first-order valence-corrected chi connectivity index (χ1v) is 9.21. The Morgan fingerprint density at radius 2 is 2.08 bits per heavy atom. The lowest BCUT2D eigenvalue weighted by molar-refractivity contribution is -0.169. The van der Waals surface area contributed by atoms with Gasteiger partial charge in [0.2, 0.25) is 0 Å². The average Bonchev–Trinajstić information content (AvgIpc) is 3.26. The highest BCUT2D eigenvalue weighted by Gasteiger charge is 2.63. The van der Waals surface area contributed by atoms with Crippen molar-refractivity contribution in [2.45, 2.75) is 63.8 Å². The van der Waals surface area contributed by atoms with Crippen LogP contribution < -0.4 is 0 Å². The summed E-state index contributed by atoms with van der Waals surface area (Å²) >= 11 is 6.23. The Morgan fingerprint density at radius 3 is 2.84 bits per heavy atom. The van der Waals surface area contributed by atoms with Crippen LogP contribution in [0.4, 0.5) is 0 Å². The Balaban J connectivity index is 1.60. The predicted octanol–water partition coefficient (Wildman–Crippen LogP) is 3.34. The van der Waals surface area contributed by atoms with Crippen LogP contribution in [0.5, 0.6) is 0 Å². The molecule has 6 nitrogen and oxygen atoms in total. The number of aromatic nitrogens is 3. The fourth-order valence-electron chi connectivity index (χ4n) is 5.00. The summed E-state index contributed by atoms with van der Waals surface area (Å²) in [6.45, 7) is 6.83. The van der Waals surface area contributed by atoms with E-state index in [-0.39, 0.29) is 29.8 Å². The highest BCUT2D eigenvalue weighted by molar-refractivity contribution is 6.33. The van der Waals surface area contributed by atoms with E-state index in [9.17, 15) is 0 Å². The molecular weight excluding hydrogens is 342 g/mol. The minimum absolute atomic E-state index is 0.00403. The van der Waals surface area contributed by atoms with Crippen molar-refractivity contribution < 1.29 is 14.2 Å². The molecular formula is C18H22ClN3O3. The Kier molecular flexibility index (Phi) is 3.30. The zero-order valence-corrected chi connectivity index (χ0v) is 15.4. The third kappa shape index (κ3) is 2.28. The molecule has 1 saturated carbocycles. The van der Waals surface area contributed by atoms with E-state index in [0.29, 0.717) is 5.15 Å². The molecule has 2 aromatic heterocycles. The lowest BCUT2D eigenvalue weighted by Crippen LogP contribution is -2.36. The molecule has 3 fully saturated rings. The van der Waals surface area contributed by atoms with Crippen molar-refractivity contribution in [1.82, 2.24) is 14.5 Å². The van der Waals surface area contributed by atoms with Crippen molar-refractivity contribution in [2.24, 2.45) is 5.41 Å². The summed E-state index contributed by atoms with van der Waals surface area (Å²) in [6.07, 6.45) is 5.78. The molecule has 2 saturated heterocycles. The van der Waals surface area contributed by atoms with E-state index in [1.54, 1.807) is 0 Å². The van der Waals surface area contributed by atoms with E-state index in [1.807, 2.05) is 26.1 Å². The first-order valence-electron chi connectivity index (χ1n) is 8.83. The largest absolute Gasteiger partial charge is 0.378 e. The fraction of sp³-hybridized carbons (Fsp3) is 0.667. The summed E-state index contributed by atoms with van der Waals surface area (Å²) in [4.78, 5) is 8.55. The summed E-state index contributed by atoms with van der Waals surface area (Å²) in [5.74, 6) is -0.581. The second-order valence-corrected chi connectivity index (χ2v) is 8.46. The van der Waals surface area contributed by atoms with Crippen molar-refractivity contribution in [3.63, 3.8) is 0 Å². The van der Waals surface area contributed by atoms with Crippen molar-refractivity contribution >= 4 is 22.6 Å². The summed E-state index contributed by atoms with van der Waals surface area (Å²) < 4.78 is 20.8. The molecule has 2 aromatic rings. The van der Waals surface area contributed by atoms with Crippen LogP contribution in [0.3, 0.4) is 0 Å². The quantitative estimate of drug-likeness (QED) is 0.727. The normalized spacial score (nSPS) is 39.5. The van der Waals surface area contributed by atoms with Crippen molar-refractivity contribution in [3.8, 4) is 0 Å². The Labute approximate surface area is 151 Å². The number of hydrogen-bond donors (Lipinski definition) is 0. The van der Waals surface area contributed by atoms with E-state index in [0.717, 1.165) is 30.5 Å². The van der Waals surface area contributed by atoms with Crippen LogP contribution in [-0.2, 0) is 14.2 Å². The first-order chi connectivity index (χ1) is 11.9. The van der Waals surface area contributed by atoms with Gasteiger partial charge in [0.05, 0.1) is 30.2 Å². The molecule has 25 heavy (non-hydrogen) atoms. The molecule has 2 aliphatic heterocycles. The van der Waals surface area contributed by atoms with Gasteiger partial charge in [0.25, 0.3) is 0 Å². The molecule has 5 rings (SSSR count). The van der Waals surface area contributed by atoms with Gasteiger partial charge in [-0.25, -0.2) is 9.97 Å². The smallest absolute Gasteiger partial charge is 0.163 e. The SMILES string of the molecule is CC1C[C@@]2(CO1)C[C@@H](n1ccc3c(Cl)ncnc31)[C@@H]1OC(C)(C)O[C@@H]12. The third-order valence-electron chi connectivity index (χ3n) is 5.89. The molecule has 5 atom stereocenters. The van der Waals surface area contributed by atoms with E-state index < -0.39 is 5.79 Å². The van der Waals surface area contributed by atoms with Crippen molar-refractivity contribution in [3.05, 3.63) is 23.7 Å². The van der Waals surface area contributed by atoms with Gasteiger partial charge in [0.1, 0.15) is 23.2 Å². The van der Waals surface area contributed by atoms with Crippen molar-refractivity contribution in [2.75, 3.05) is 6.61 Å². The molecule has 3 aliphatic rings. The number of nitrogens with zero attached hydrogens (tertiary/aromatic N) is 3. The van der Waals surface area contributed by atoms with Gasteiger partial charge < -0.3 is 18.8 Å². The first kappa shape index (κ1) is 16.0. The van der Waals surface area contributed by atoms with Gasteiger partial charge >= 0.3 is 0 Å². The summed E-state index contributed by atoms with van der Waals surface area (Å²) in [5.41, 5.74) is 0.844. The summed E-state index contributed by atoms with van der Waals surface area (Å²) in [5, 5.41) is 1.35. The standard InChI is InChI=1S/C18H22ClN3O3/c1-10-6-18(8-23-10)7-12(13-14(18)25-17(2,3)24-13)22-5-4-11-15(19)20-9-21-16(11)22/h4-5,9-10,12-14H,6-8H2,1-3H3/t10?,12-,13+,14+,18+/m1/s1. The monoisotopic (exact) mass is 363 g/mol. The molecule has 1 aliphatic carbocycles. The number of rotatable bonds is 1. The molecule has 7 heteroatoms. The number of hydrogen-bond acceptors (Lipinski definition) is 5. The molecule has 0 radical (unpaired) electrons. The van der Waals surface area contributed by atoms with Crippen LogP contribution in [0.15, 0.2) is 18.6 Å². The van der Waals surface area contributed by atoms with Crippen LogP contribution in [0.25, 0.3) is 11.0 Å². The van der Waals surface area contributed by atoms with E-state index in [2.05, 4.69) is 21.5 Å². The van der Waals surface area contributed by atoms with Crippen LogP contribution in [0.1, 0.15) is 39.7 Å². The van der Waals surface area contributed by atoms with Crippen LogP contribution in [0.2, 0.25) is 5.15 Å². The van der Waals surface area contributed by atoms with Crippen LogP contribution in [0, 0.1) is 5.41 Å². The zero-order valence-electron chi connectivity index (χ0n) is 14.6. The highest BCUT2D eigenvalue weighted by Crippen LogP contribution is 2.58. The Bertz CT molecular complexity index is 838. The Hall–Kier alpha value is -1.21. The predicted molar refractivity (Wildman–Crippen MR) is 92.5 cm³/mol. The fourth-order valence-corrected chi connectivity index (χ4v) is 5.19. The molecule has 0 bridgehead atoms. The maximum Gasteiger partial charge on any atom is 0.163 e. The molecule has 4 heterocycles. The van der Waals surface area contributed by atoms with Gasteiger partial charge in [-0.05, 0) is 39.7 Å². The van der Waals surface area contributed by atoms with Gasteiger partial charge in [0.15, 0.2) is 5.79 Å². The van der Waals surface area contributed by atoms with E-state index >= 15 is 0 Å². The third-order valence-corrected chi connectivity index (χ3v) is 6.20. The molecule has 1 spiro atoms. The second-order valence-electron chi connectivity index (χ2n) is 8.11. The van der Waals surface area contributed by atoms with E-state index in [4.69, 9.17) is 25.8 Å². The average molecular weight is 364 g/mol. The minimum atomic E-state index is -0.581. The maximum atomic E-state index is 6.35. The van der Waals surface area contributed by atoms with Crippen LogP contribution in [-0.4, -0.2) is 45.2 Å².